The first kappa shape index (κ1) is 19.4. The van der Waals surface area contributed by atoms with Gasteiger partial charge in [-0.25, -0.2) is 0 Å². The second-order valence-corrected chi connectivity index (χ2v) is 6.84. The van der Waals surface area contributed by atoms with Crippen molar-refractivity contribution in [3.05, 3.63) is 88.7 Å². The Bertz CT molecular complexity index is 990. The van der Waals surface area contributed by atoms with Gasteiger partial charge in [-0.05, 0) is 56.7 Å². The van der Waals surface area contributed by atoms with Gasteiger partial charge in [0, 0.05) is 35.7 Å². The highest BCUT2D eigenvalue weighted by atomic mass is 16.2. The van der Waals surface area contributed by atoms with E-state index >= 15 is 0 Å². The lowest BCUT2D eigenvalue weighted by molar-refractivity contribution is 0.0927. The molecular weight excluding hydrogens is 350 g/mol. The van der Waals surface area contributed by atoms with Crippen molar-refractivity contribution in [3.63, 3.8) is 0 Å². The molecule has 2 N–H and O–H groups in total. The normalized spacial score (nSPS) is 10.5. The number of hydrogen-bond acceptors (Lipinski definition) is 2. The van der Waals surface area contributed by atoms with Gasteiger partial charge in [0.05, 0.1) is 5.56 Å². The third-order valence-electron chi connectivity index (χ3n) is 4.67. The molecule has 2 amide bonds. The van der Waals surface area contributed by atoms with Crippen LogP contribution in [0.5, 0.6) is 0 Å². The third kappa shape index (κ3) is 4.31. The Hall–Kier alpha value is -3.34. The van der Waals surface area contributed by atoms with E-state index in [2.05, 4.69) is 34.3 Å². The fraction of sp³-hybridized carbons (Fsp3) is 0.217. The van der Waals surface area contributed by atoms with Gasteiger partial charge in [0.2, 0.25) is 0 Å². The van der Waals surface area contributed by atoms with E-state index in [0.717, 1.165) is 17.1 Å². The summed E-state index contributed by atoms with van der Waals surface area (Å²) in [6, 6.07) is 19.1. The topological polar surface area (TPSA) is 63.1 Å². The van der Waals surface area contributed by atoms with Crippen LogP contribution in [0.1, 0.15) is 37.7 Å². The number of amides is 2. The van der Waals surface area contributed by atoms with Crippen molar-refractivity contribution in [1.29, 1.82) is 0 Å². The lowest BCUT2D eigenvalue weighted by atomic mass is 10.2. The molecule has 3 aromatic rings. The van der Waals surface area contributed by atoms with Crippen LogP contribution < -0.4 is 10.6 Å². The van der Waals surface area contributed by atoms with Crippen LogP contribution in [-0.2, 0) is 0 Å². The van der Waals surface area contributed by atoms with Crippen LogP contribution in [-0.4, -0.2) is 29.5 Å². The molecule has 0 spiro atoms. The van der Waals surface area contributed by atoms with Crippen molar-refractivity contribution in [2.45, 2.75) is 20.8 Å². The molecule has 0 saturated heterocycles. The van der Waals surface area contributed by atoms with Crippen LogP contribution in [0.3, 0.4) is 0 Å². The van der Waals surface area contributed by atoms with Crippen LogP contribution in [0.2, 0.25) is 0 Å². The largest absolute Gasteiger partial charge is 0.350 e. The zero-order valence-corrected chi connectivity index (χ0v) is 16.5. The van der Waals surface area contributed by atoms with Gasteiger partial charge in [0.25, 0.3) is 11.8 Å². The van der Waals surface area contributed by atoms with Gasteiger partial charge in [-0.15, -0.1) is 0 Å². The van der Waals surface area contributed by atoms with Crippen molar-refractivity contribution in [2.75, 3.05) is 13.1 Å². The molecule has 0 unspecified atom stereocenters. The summed E-state index contributed by atoms with van der Waals surface area (Å²) in [6.07, 6.45) is 0. The molecule has 0 aliphatic rings. The van der Waals surface area contributed by atoms with Crippen molar-refractivity contribution in [1.82, 2.24) is 15.2 Å². The van der Waals surface area contributed by atoms with Gasteiger partial charge >= 0.3 is 0 Å². The van der Waals surface area contributed by atoms with Gasteiger partial charge in [0.1, 0.15) is 0 Å². The van der Waals surface area contributed by atoms with Crippen molar-refractivity contribution < 1.29 is 9.59 Å². The summed E-state index contributed by atoms with van der Waals surface area (Å²) in [4.78, 5) is 24.6. The van der Waals surface area contributed by atoms with E-state index in [-0.39, 0.29) is 11.8 Å². The second-order valence-electron chi connectivity index (χ2n) is 6.84. The summed E-state index contributed by atoms with van der Waals surface area (Å²) < 4.78 is 2.08. The zero-order chi connectivity index (χ0) is 20.1. The minimum atomic E-state index is -0.146. The average molecular weight is 375 g/mol. The number of carbonyl (C=O) groups excluding carboxylic acids is 2. The summed E-state index contributed by atoms with van der Waals surface area (Å²) in [5.74, 6) is -0.284. The molecule has 0 fully saturated rings. The monoisotopic (exact) mass is 375 g/mol. The highest BCUT2D eigenvalue weighted by Crippen LogP contribution is 2.21. The zero-order valence-electron chi connectivity index (χ0n) is 16.5. The van der Waals surface area contributed by atoms with Crippen LogP contribution >= 0.6 is 0 Å². The van der Waals surface area contributed by atoms with E-state index in [1.165, 1.54) is 5.56 Å². The van der Waals surface area contributed by atoms with Crippen molar-refractivity contribution >= 4 is 11.8 Å². The number of carbonyl (C=O) groups is 2. The average Bonchev–Trinajstić information content (AvgIpc) is 2.99. The van der Waals surface area contributed by atoms with Crippen molar-refractivity contribution in [3.8, 4) is 5.69 Å². The number of nitrogens with zero attached hydrogens (tertiary/aromatic N) is 1. The highest BCUT2D eigenvalue weighted by molar-refractivity contribution is 5.96. The molecule has 0 aliphatic heterocycles. The molecule has 0 saturated carbocycles. The van der Waals surface area contributed by atoms with E-state index in [0.29, 0.717) is 24.2 Å². The molecule has 0 bridgehead atoms. The summed E-state index contributed by atoms with van der Waals surface area (Å²) in [6.45, 7) is 6.73. The van der Waals surface area contributed by atoms with Gasteiger partial charge in [-0.3, -0.25) is 9.59 Å². The molecule has 5 heteroatoms. The van der Waals surface area contributed by atoms with Gasteiger partial charge in [-0.1, -0.05) is 30.3 Å². The molecule has 0 radical (unpaired) electrons. The van der Waals surface area contributed by atoms with E-state index in [1.807, 2.05) is 50.2 Å². The first-order valence-electron chi connectivity index (χ1n) is 9.35. The summed E-state index contributed by atoms with van der Waals surface area (Å²) in [5, 5.41) is 5.69. The highest BCUT2D eigenvalue weighted by Gasteiger charge is 2.16. The lowest BCUT2D eigenvalue weighted by Crippen LogP contribution is -2.34. The van der Waals surface area contributed by atoms with Gasteiger partial charge < -0.3 is 15.2 Å². The maximum Gasteiger partial charge on any atom is 0.253 e. The molecule has 144 valence electrons. The Kier molecular flexibility index (Phi) is 5.94. The Labute approximate surface area is 165 Å². The number of nitrogens with one attached hydrogen (secondary N) is 2. The first-order chi connectivity index (χ1) is 13.5. The predicted molar refractivity (Wildman–Crippen MR) is 111 cm³/mol. The SMILES string of the molecule is Cc1cccc(-n2c(C)cc(C(=O)NCCNC(=O)c3ccccc3)c2C)c1. The van der Waals surface area contributed by atoms with Crippen LogP contribution in [0.15, 0.2) is 60.7 Å². The maximum atomic E-state index is 12.6. The van der Waals surface area contributed by atoms with E-state index in [9.17, 15) is 9.59 Å². The van der Waals surface area contributed by atoms with Crippen LogP contribution in [0.25, 0.3) is 5.69 Å². The Morgan fingerprint density at radius 2 is 1.50 bits per heavy atom. The third-order valence-corrected chi connectivity index (χ3v) is 4.67. The molecule has 3 rings (SSSR count). The number of aryl methyl sites for hydroxylation is 2. The molecule has 5 nitrogen and oxygen atoms in total. The Balaban J connectivity index is 1.61. The lowest BCUT2D eigenvalue weighted by Gasteiger charge is -2.11. The molecule has 1 aromatic heterocycles. The molecule has 0 atom stereocenters. The Morgan fingerprint density at radius 3 is 2.18 bits per heavy atom. The quantitative estimate of drug-likeness (QED) is 0.647. The molecule has 0 aliphatic carbocycles. The number of benzene rings is 2. The van der Waals surface area contributed by atoms with E-state index in [4.69, 9.17) is 0 Å². The minimum Gasteiger partial charge on any atom is -0.350 e. The molecule has 2 aromatic carbocycles. The van der Waals surface area contributed by atoms with Gasteiger partial charge in [-0.2, -0.15) is 0 Å². The predicted octanol–water partition coefficient (Wildman–Crippen LogP) is 3.56. The number of hydrogen-bond donors (Lipinski definition) is 2. The smallest absolute Gasteiger partial charge is 0.253 e. The van der Waals surface area contributed by atoms with E-state index < -0.39 is 0 Å². The maximum absolute atomic E-state index is 12.6. The van der Waals surface area contributed by atoms with Crippen LogP contribution in [0.4, 0.5) is 0 Å². The first-order valence-corrected chi connectivity index (χ1v) is 9.35. The fourth-order valence-corrected chi connectivity index (χ4v) is 3.30. The fourth-order valence-electron chi connectivity index (χ4n) is 3.30. The van der Waals surface area contributed by atoms with Crippen LogP contribution in [0, 0.1) is 20.8 Å². The second kappa shape index (κ2) is 8.57. The summed E-state index contributed by atoms with van der Waals surface area (Å²) >= 11 is 0. The standard InChI is InChI=1S/C23H25N3O2/c1-16-8-7-11-20(14-16)26-17(2)15-21(18(26)3)23(28)25-13-12-24-22(27)19-9-5-4-6-10-19/h4-11,14-15H,12-13H2,1-3H3,(H,24,27)(H,25,28). The Morgan fingerprint density at radius 1 is 0.821 bits per heavy atom. The summed E-state index contributed by atoms with van der Waals surface area (Å²) in [7, 11) is 0. The molecule has 28 heavy (non-hydrogen) atoms. The minimum absolute atomic E-state index is 0.138. The van der Waals surface area contributed by atoms with Crippen molar-refractivity contribution in [2.24, 2.45) is 0 Å². The summed E-state index contributed by atoms with van der Waals surface area (Å²) in [5.41, 5.74) is 5.37. The van der Waals surface area contributed by atoms with E-state index in [1.54, 1.807) is 12.1 Å². The number of aromatic nitrogens is 1. The number of rotatable bonds is 6. The molecule has 1 heterocycles. The molecular formula is C23H25N3O2. The van der Waals surface area contributed by atoms with Gasteiger partial charge in [0.15, 0.2) is 0 Å².